The van der Waals surface area contributed by atoms with Gasteiger partial charge in [-0.25, -0.2) is 9.18 Å². The summed E-state index contributed by atoms with van der Waals surface area (Å²) in [5.74, 6) is -0.130. The van der Waals surface area contributed by atoms with Gasteiger partial charge in [0.2, 0.25) is 5.95 Å². The number of fused-ring (bicyclic) bond motifs is 3. The average Bonchev–Trinajstić information content (AvgIpc) is 3.51. The normalized spacial score (nSPS) is 20.1. The van der Waals surface area contributed by atoms with Crippen LogP contribution in [0.25, 0.3) is 0 Å². The molecule has 2 fully saturated rings. The number of aromatic amines is 1. The molecule has 36 heavy (non-hydrogen) atoms. The van der Waals surface area contributed by atoms with Gasteiger partial charge in [-0.3, -0.25) is 14.6 Å². The van der Waals surface area contributed by atoms with Crippen molar-refractivity contribution in [1.82, 2.24) is 14.9 Å². The molecular formula is C25H28FN5O5. The van der Waals surface area contributed by atoms with Crippen molar-refractivity contribution in [3.05, 3.63) is 45.0 Å². The molecule has 0 saturated carbocycles. The number of nitrogens with zero attached hydrogens (tertiary/aromatic N) is 3. The molecule has 4 aliphatic rings. The zero-order valence-electron chi connectivity index (χ0n) is 19.9. The molecule has 10 nitrogen and oxygen atoms in total. The highest BCUT2D eigenvalue weighted by Gasteiger charge is 2.50. The minimum absolute atomic E-state index is 0.133. The van der Waals surface area contributed by atoms with Gasteiger partial charge in [0.05, 0.1) is 11.1 Å². The number of esters is 1. The average molecular weight is 498 g/mol. The van der Waals surface area contributed by atoms with E-state index in [1.165, 1.54) is 12.1 Å². The minimum Gasteiger partial charge on any atom is -0.484 e. The third-order valence-electron chi connectivity index (χ3n) is 7.62. The van der Waals surface area contributed by atoms with Gasteiger partial charge in [0.1, 0.15) is 23.0 Å². The standard InChI is InChI=1S/C25H28FN5O5/c26-18-13-15(35-14-19(32)30-8-1-2-9-30)12-17-20(18)25(36-23(17)34)5-10-31(11-6-25)24-28-21-16(22(33)29-24)4-3-7-27-21/h12-13H,1-11,14H2,(H2,27,28,29,33). The quantitative estimate of drug-likeness (QED) is 0.616. The highest BCUT2D eigenvalue weighted by atomic mass is 19.1. The third kappa shape index (κ3) is 3.86. The van der Waals surface area contributed by atoms with E-state index < -0.39 is 17.4 Å². The topological polar surface area (TPSA) is 117 Å². The van der Waals surface area contributed by atoms with Crippen LogP contribution in [0.2, 0.25) is 0 Å². The first-order valence-corrected chi connectivity index (χ1v) is 12.5. The zero-order chi connectivity index (χ0) is 24.9. The molecular weight excluding hydrogens is 469 g/mol. The molecule has 0 unspecified atom stereocenters. The van der Waals surface area contributed by atoms with Crippen LogP contribution in [0, 0.1) is 5.82 Å². The second kappa shape index (κ2) is 8.79. The fourth-order valence-electron chi connectivity index (χ4n) is 5.69. The second-order valence-corrected chi connectivity index (χ2v) is 9.82. The Hall–Kier alpha value is -3.63. The van der Waals surface area contributed by atoms with Crippen molar-refractivity contribution in [2.45, 2.75) is 44.1 Å². The molecule has 1 aromatic carbocycles. The number of halogens is 1. The number of hydrogen-bond donors (Lipinski definition) is 2. The summed E-state index contributed by atoms with van der Waals surface area (Å²) >= 11 is 0. The van der Waals surface area contributed by atoms with Crippen LogP contribution in [0.3, 0.4) is 0 Å². The molecule has 1 amide bonds. The molecule has 0 radical (unpaired) electrons. The Morgan fingerprint density at radius 1 is 1.14 bits per heavy atom. The number of anilines is 2. The number of rotatable bonds is 4. The highest BCUT2D eigenvalue weighted by molar-refractivity contribution is 5.95. The fourth-order valence-corrected chi connectivity index (χ4v) is 5.69. The van der Waals surface area contributed by atoms with Gasteiger partial charge in [0.25, 0.3) is 11.5 Å². The van der Waals surface area contributed by atoms with Gasteiger partial charge in [-0.1, -0.05) is 0 Å². The van der Waals surface area contributed by atoms with E-state index in [2.05, 4.69) is 15.3 Å². The summed E-state index contributed by atoms with van der Waals surface area (Å²) in [6, 6.07) is 2.69. The number of carbonyl (C=O) groups is 2. The Morgan fingerprint density at radius 3 is 2.69 bits per heavy atom. The lowest BCUT2D eigenvalue weighted by Gasteiger charge is -2.39. The number of ether oxygens (including phenoxy) is 2. The molecule has 0 bridgehead atoms. The van der Waals surface area contributed by atoms with Gasteiger partial charge in [0, 0.05) is 57.2 Å². The van der Waals surface area contributed by atoms with Crippen molar-refractivity contribution in [2.75, 3.05) is 49.5 Å². The van der Waals surface area contributed by atoms with Crippen molar-refractivity contribution >= 4 is 23.6 Å². The minimum atomic E-state index is -1.08. The van der Waals surface area contributed by atoms with Crippen LogP contribution >= 0.6 is 0 Å². The Labute approximate surface area is 206 Å². The van der Waals surface area contributed by atoms with E-state index in [1.54, 1.807) is 4.90 Å². The molecule has 190 valence electrons. The summed E-state index contributed by atoms with van der Waals surface area (Å²) in [5.41, 5.74) is -0.194. The summed E-state index contributed by atoms with van der Waals surface area (Å²) < 4.78 is 26.7. The van der Waals surface area contributed by atoms with Crippen molar-refractivity contribution in [3.63, 3.8) is 0 Å². The molecule has 4 aliphatic heterocycles. The van der Waals surface area contributed by atoms with Crippen LogP contribution in [-0.2, 0) is 21.6 Å². The number of likely N-dealkylation sites (tertiary alicyclic amines) is 1. The predicted octanol–water partition coefficient (Wildman–Crippen LogP) is 1.93. The van der Waals surface area contributed by atoms with Crippen LogP contribution in [0.4, 0.5) is 16.2 Å². The van der Waals surface area contributed by atoms with Gasteiger partial charge in [0.15, 0.2) is 6.61 Å². The first-order valence-electron chi connectivity index (χ1n) is 12.5. The molecule has 5 heterocycles. The van der Waals surface area contributed by atoms with Crippen LogP contribution in [0.15, 0.2) is 16.9 Å². The van der Waals surface area contributed by atoms with Gasteiger partial charge >= 0.3 is 5.97 Å². The Morgan fingerprint density at radius 2 is 1.92 bits per heavy atom. The number of aromatic nitrogens is 2. The first kappa shape index (κ1) is 22.8. The molecule has 11 heteroatoms. The van der Waals surface area contributed by atoms with Gasteiger partial charge in [-0.05, 0) is 31.7 Å². The molecule has 0 aliphatic carbocycles. The van der Waals surface area contributed by atoms with E-state index in [4.69, 9.17) is 9.47 Å². The number of benzene rings is 1. The van der Waals surface area contributed by atoms with E-state index in [-0.39, 0.29) is 34.9 Å². The molecule has 1 spiro atoms. The number of piperidine rings is 1. The molecule has 1 aromatic heterocycles. The Kier molecular flexibility index (Phi) is 5.57. The number of nitrogens with one attached hydrogen (secondary N) is 2. The summed E-state index contributed by atoms with van der Waals surface area (Å²) in [4.78, 5) is 48.6. The fraction of sp³-hybridized carbons (Fsp3) is 0.520. The largest absolute Gasteiger partial charge is 0.484 e. The lowest BCUT2D eigenvalue weighted by molar-refractivity contribution is -0.132. The summed E-state index contributed by atoms with van der Waals surface area (Å²) in [6.07, 6.45) is 4.23. The monoisotopic (exact) mass is 497 g/mol. The Bertz CT molecular complexity index is 1280. The lowest BCUT2D eigenvalue weighted by Crippen LogP contribution is -2.44. The van der Waals surface area contributed by atoms with Gasteiger partial charge in [-0.15, -0.1) is 0 Å². The van der Waals surface area contributed by atoms with Crippen molar-refractivity contribution in [1.29, 1.82) is 0 Å². The second-order valence-electron chi connectivity index (χ2n) is 9.82. The maximum Gasteiger partial charge on any atom is 0.339 e. The summed E-state index contributed by atoms with van der Waals surface area (Å²) in [5, 5.41) is 3.18. The van der Waals surface area contributed by atoms with Gasteiger partial charge < -0.3 is 24.6 Å². The van der Waals surface area contributed by atoms with Crippen LogP contribution in [0.1, 0.15) is 53.6 Å². The first-order chi connectivity index (χ1) is 17.4. The molecule has 2 N–H and O–H groups in total. The van der Waals surface area contributed by atoms with Crippen LogP contribution in [-0.4, -0.2) is 66.1 Å². The van der Waals surface area contributed by atoms with Crippen LogP contribution in [0.5, 0.6) is 5.75 Å². The Balaban J connectivity index is 1.18. The molecule has 0 atom stereocenters. The molecule has 6 rings (SSSR count). The number of amides is 1. The van der Waals surface area contributed by atoms with E-state index >= 15 is 4.39 Å². The summed E-state index contributed by atoms with van der Waals surface area (Å²) in [6.45, 7) is 2.84. The van der Waals surface area contributed by atoms with Gasteiger partial charge in [-0.2, -0.15) is 4.98 Å². The number of H-pyrrole nitrogens is 1. The van der Waals surface area contributed by atoms with E-state index in [9.17, 15) is 14.4 Å². The van der Waals surface area contributed by atoms with Crippen molar-refractivity contribution in [2.24, 2.45) is 0 Å². The third-order valence-corrected chi connectivity index (χ3v) is 7.62. The summed E-state index contributed by atoms with van der Waals surface area (Å²) in [7, 11) is 0. The maximum atomic E-state index is 15.4. The molecule has 2 saturated heterocycles. The SMILES string of the molecule is O=C1OC2(CCN(c3nc4c(c(=O)[nH]3)CCCN4)CC2)c2c(F)cc(OCC(=O)N3CCCC3)cc21. The van der Waals surface area contributed by atoms with Crippen molar-refractivity contribution in [3.8, 4) is 5.75 Å². The highest BCUT2D eigenvalue weighted by Crippen LogP contribution is 2.46. The number of hydrogen-bond acceptors (Lipinski definition) is 8. The van der Waals surface area contributed by atoms with Crippen molar-refractivity contribution < 1.29 is 23.5 Å². The predicted molar refractivity (Wildman–Crippen MR) is 128 cm³/mol. The number of carbonyl (C=O) groups excluding carboxylic acids is 2. The van der Waals surface area contributed by atoms with Crippen LogP contribution < -0.4 is 20.5 Å². The smallest absolute Gasteiger partial charge is 0.339 e. The lowest BCUT2D eigenvalue weighted by atomic mass is 9.83. The maximum absolute atomic E-state index is 15.4. The van der Waals surface area contributed by atoms with E-state index in [0.717, 1.165) is 25.8 Å². The molecule has 2 aromatic rings. The van der Waals surface area contributed by atoms with E-state index in [0.29, 0.717) is 62.8 Å². The van der Waals surface area contributed by atoms with E-state index in [1.807, 2.05) is 4.90 Å². The zero-order valence-corrected chi connectivity index (χ0v) is 19.9.